The number of aromatic nitrogens is 1. The summed E-state index contributed by atoms with van der Waals surface area (Å²) in [6.45, 7) is 4.18. The average Bonchev–Trinajstić information content (AvgIpc) is 3.32. The van der Waals surface area contributed by atoms with Gasteiger partial charge in [0.25, 0.3) is 11.8 Å². The molecule has 2 aromatic carbocycles. The minimum Gasteiger partial charge on any atom is -0.485 e. The van der Waals surface area contributed by atoms with Crippen molar-refractivity contribution in [2.45, 2.75) is 20.4 Å². The van der Waals surface area contributed by atoms with Crippen molar-refractivity contribution >= 4 is 23.3 Å². The molecule has 0 saturated carbocycles. The van der Waals surface area contributed by atoms with Gasteiger partial charge in [-0.25, -0.2) is 4.98 Å². The Balaban J connectivity index is 1.48. The molecular formula is C25H25N3O6. The summed E-state index contributed by atoms with van der Waals surface area (Å²) in [7, 11) is 0. The van der Waals surface area contributed by atoms with Crippen LogP contribution in [0.1, 0.15) is 40.6 Å². The van der Waals surface area contributed by atoms with Crippen LogP contribution in [0.15, 0.2) is 59.2 Å². The number of benzene rings is 2. The van der Waals surface area contributed by atoms with Gasteiger partial charge in [0.15, 0.2) is 24.7 Å². The van der Waals surface area contributed by atoms with E-state index in [1.807, 2.05) is 32.0 Å². The number of hydrogen-bond acceptors (Lipinski definition) is 7. The topological polar surface area (TPSA) is 111 Å². The number of oxazole rings is 1. The third kappa shape index (κ3) is 5.43. The first-order chi connectivity index (χ1) is 16.4. The predicted octanol–water partition coefficient (Wildman–Crippen LogP) is 3.25. The Morgan fingerprint density at radius 2 is 1.97 bits per heavy atom. The maximum Gasteiger partial charge on any atom is 0.273 e. The highest BCUT2D eigenvalue weighted by Gasteiger charge is 2.28. The number of nitrogens with one attached hydrogen (secondary N) is 1. The van der Waals surface area contributed by atoms with Crippen molar-refractivity contribution in [1.29, 1.82) is 0 Å². The number of Topliss-reactive ketones (excluding diaryl/α,β-unsaturated/α-hetero) is 1. The zero-order chi connectivity index (χ0) is 24.1. The Kier molecular flexibility index (Phi) is 6.91. The molecule has 176 valence electrons. The number of ether oxygens (including phenoxy) is 2. The Labute approximate surface area is 196 Å². The lowest BCUT2D eigenvalue weighted by molar-refractivity contribution is -0.121. The Morgan fingerprint density at radius 3 is 2.74 bits per heavy atom. The van der Waals surface area contributed by atoms with Crippen LogP contribution in [-0.2, 0) is 11.3 Å². The number of carbonyl (C=O) groups is 3. The lowest BCUT2D eigenvalue weighted by Crippen LogP contribution is -2.38. The third-order valence-corrected chi connectivity index (χ3v) is 5.09. The second-order valence-corrected chi connectivity index (χ2v) is 8.21. The summed E-state index contributed by atoms with van der Waals surface area (Å²) < 4.78 is 16.5. The van der Waals surface area contributed by atoms with Crippen LogP contribution in [-0.4, -0.2) is 42.3 Å². The van der Waals surface area contributed by atoms with E-state index in [0.717, 1.165) is 0 Å². The SMILES string of the molecule is CC(C)CNC(=O)c1coc(CN2C(=O)COc3ccc(C(=O)COc4ccccc4)cc32)n1. The molecule has 2 amide bonds. The van der Waals surface area contributed by atoms with Gasteiger partial charge < -0.3 is 19.2 Å². The smallest absolute Gasteiger partial charge is 0.273 e. The van der Waals surface area contributed by atoms with E-state index in [4.69, 9.17) is 13.9 Å². The molecule has 1 aliphatic heterocycles. The van der Waals surface area contributed by atoms with E-state index in [1.165, 1.54) is 11.2 Å². The number of fused-ring (bicyclic) bond motifs is 1. The van der Waals surface area contributed by atoms with Crippen LogP contribution in [0.5, 0.6) is 11.5 Å². The fourth-order valence-corrected chi connectivity index (χ4v) is 3.31. The summed E-state index contributed by atoms with van der Waals surface area (Å²) >= 11 is 0. The number of nitrogens with zero attached hydrogens (tertiary/aromatic N) is 2. The number of rotatable bonds is 9. The molecule has 2 heterocycles. The van der Waals surface area contributed by atoms with Gasteiger partial charge in [-0.3, -0.25) is 19.3 Å². The molecule has 0 unspecified atom stereocenters. The van der Waals surface area contributed by atoms with Crippen LogP contribution in [0.3, 0.4) is 0 Å². The largest absolute Gasteiger partial charge is 0.485 e. The van der Waals surface area contributed by atoms with Crippen LogP contribution in [0.2, 0.25) is 0 Å². The van der Waals surface area contributed by atoms with E-state index in [0.29, 0.717) is 35.2 Å². The molecule has 1 aromatic heterocycles. The number of hydrogen-bond donors (Lipinski definition) is 1. The first-order valence-electron chi connectivity index (χ1n) is 10.9. The van der Waals surface area contributed by atoms with Crippen molar-refractivity contribution in [3.8, 4) is 11.5 Å². The van der Waals surface area contributed by atoms with E-state index in [9.17, 15) is 14.4 Å². The zero-order valence-corrected chi connectivity index (χ0v) is 18.9. The highest BCUT2D eigenvalue weighted by atomic mass is 16.5. The van der Waals surface area contributed by atoms with Crippen LogP contribution in [0.4, 0.5) is 5.69 Å². The summed E-state index contributed by atoms with van der Waals surface area (Å²) in [6.07, 6.45) is 1.26. The maximum absolute atomic E-state index is 12.7. The van der Waals surface area contributed by atoms with Gasteiger partial charge in [-0.1, -0.05) is 32.0 Å². The number of carbonyl (C=O) groups excluding carboxylic acids is 3. The molecule has 0 atom stereocenters. The molecule has 0 aliphatic carbocycles. The summed E-state index contributed by atoms with van der Waals surface area (Å²) in [5, 5.41) is 2.77. The van der Waals surface area contributed by atoms with E-state index in [-0.39, 0.29) is 48.9 Å². The second-order valence-electron chi connectivity index (χ2n) is 8.21. The summed E-state index contributed by atoms with van der Waals surface area (Å²) in [6, 6.07) is 13.9. The van der Waals surface area contributed by atoms with Gasteiger partial charge in [-0.2, -0.15) is 0 Å². The summed E-state index contributed by atoms with van der Waals surface area (Å²) in [5.41, 5.74) is 0.934. The molecule has 0 radical (unpaired) electrons. The fourth-order valence-electron chi connectivity index (χ4n) is 3.31. The highest BCUT2D eigenvalue weighted by Crippen LogP contribution is 2.34. The highest BCUT2D eigenvalue weighted by molar-refractivity contribution is 6.02. The molecule has 1 N–H and O–H groups in total. The van der Waals surface area contributed by atoms with Gasteiger partial charge >= 0.3 is 0 Å². The average molecular weight is 463 g/mol. The molecular weight excluding hydrogens is 438 g/mol. The van der Waals surface area contributed by atoms with E-state index < -0.39 is 0 Å². The van der Waals surface area contributed by atoms with Gasteiger partial charge in [-0.05, 0) is 36.2 Å². The van der Waals surface area contributed by atoms with Crippen LogP contribution in [0, 0.1) is 5.92 Å². The predicted molar refractivity (Wildman–Crippen MR) is 123 cm³/mol. The Bertz CT molecular complexity index is 1190. The number of anilines is 1. The molecule has 34 heavy (non-hydrogen) atoms. The van der Waals surface area contributed by atoms with Crippen molar-refractivity contribution in [1.82, 2.24) is 10.3 Å². The van der Waals surface area contributed by atoms with Crippen LogP contribution >= 0.6 is 0 Å². The fraction of sp³-hybridized carbons (Fsp3) is 0.280. The maximum atomic E-state index is 12.7. The van der Waals surface area contributed by atoms with Crippen molar-refractivity contribution in [3.05, 3.63) is 71.9 Å². The number of para-hydroxylation sites is 1. The van der Waals surface area contributed by atoms with E-state index in [1.54, 1.807) is 30.3 Å². The monoisotopic (exact) mass is 463 g/mol. The number of amides is 2. The van der Waals surface area contributed by atoms with Crippen LogP contribution < -0.4 is 19.7 Å². The zero-order valence-electron chi connectivity index (χ0n) is 18.9. The lowest BCUT2D eigenvalue weighted by Gasteiger charge is -2.28. The van der Waals surface area contributed by atoms with Crippen LogP contribution in [0.25, 0.3) is 0 Å². The summed E-state index contributed by atoms with van der Waals surface area (Å²) in [4.78, 5) is 43.2. The van der Waals surface area contributed by atoms with Gasteiger partial charge in [0, 0.05) is 12.1 Å². The van der Waals surface area contributed by atoms with Gasteiger partial charge in [0.2, 0.25) is 5.89 Å². The van der Waals surface area contributed by atoms with Gasteiger partial charge in [0.1, 0.15) is 24.3 Å². The first kappa shape index (κ1) is 23.0. The molecule has 0 bridgehead atoms. The van der Waals surface area contributed by atoms with Crippen molar-refractivity contribution in [2.24, 2.45) is 5.92 Å². The minimum atomic E-state index is -0.344. The molecule has 0 fully saturated rings. The molecule has 4 rings (SSSR count). The molecule has 9 nitrogen and oxygen atoms in total. The Morgan fingerprint density at radius 1 is 1.18 bits per heavy atom. The normalized spacial score (nSPS) is 12.8. The quantitative estimate of drug-likeness (QED) is 0.485. The molecule has 0 saturated heterocycles. The van der Waals surface area contributed by atoms with Crippen molar-refractivity contribution in [2.75, 3.05) is 24.7 Å². The molecule has 3 aromatic rings. The molecule has 1 aliphatic rings. The van der Waals surface area contributed by atoms with Gasteiger partial charge in [-0.15, -0.1) is 0 Å². The second kappa shape index (κ2) is 10.2. The minimum absolute atomic E-state index is 0.00911. The van der Waals surface area contributed by atoms with E-state index in [2.05, 4.69) is 10.3 Å². The first-order valence-corrected chi connectivity index (χ1v) is 10.9. The van der Waals surface area contributed by atoms with Gasteiger partial charge in [0.05, 0.1) is 5.69 Å². The Hall–Kier alpha value is -4.14. The standard InChI is InChI=1S/C25H25N3O6/c1-16(2)11-26-25(31)19-13-34-23(27-19)12-28-20-10-17(8-9-22(20)33-15-24(28)30)21(29)14-32-18-6-4-3-5-7-18/h3-10,13,16H,11-12,14-15H2,1-2H3,(H,26,31). The van der Waals surface area contributed by atoms with Crippen molar-refractivity contribution < 1.29 is 28.3 Å². The molecule has 9 heteroatoms. The third-order valence-electron chi connectivity index (χ3n) is 5.09. The van der Waals surface area contributed by atoms with E-state index >= 15 is 0 Å². The number of ketones is 1. The van der Waals surface area contributed by atoms with Crippen molar-refractivity contribution in [3.63, 3.8) is 0 Å². The lowest BCUT2D eigenvalue weighted by atomic mass is 10.1. The summed E-state index contributed by atoms with van der Waals surface area (Å²) in [5.74, 6) is 0.635. The molecule has 0 spiro atoms.